The van der Waals surface area contributed by atoms with Crippen LogP contribution in [-0.2, 0) is 0 Å². The molecule has 0 saturated heterocycles. The van der Waals surface area contributed by atoms with E-state index in [-0.39, 0.29) is 0 Å². The lowest BCUT2D eigenvalue weighted by Gasteiger charge is -1.96. The van der Waals surface area contributed by atoms with Crippen LogP contribution in [0.1, 0.15) is 13.3 Å². The summed E-state index contributed by atoms with van der Waals surface area (Å²) in [7, 11) is 7.79. The predicted molar refractivity (Wildman–Crippen MR) is 61.2 cm³/mol. The van der Waals surface area contributed by atoms with Gasteiger partial charge >= 0.3 is 0 Å². The van der Waals surface area contributed by atoms with Crippen molar-refractivity contribution in [1.82, 2.24) is 0 Å². The second-order valence-corrected chi connectivity index (χ2v) is 7.13. The average molecular weight is 214 g/mol. The second kappa shape index (κ2) is 10.4. The molecule has 0 aromatic rings. The Hall–Kier alpha value is 1.40. The maximum Gasteiger partial charge on any atom is 0.00450 e. The molecular weight excluding hydrogens is 200 g/mol. The summed E-state index contributed by atoms with van der Waals surface area (Å²) >= 11 is 0. The van der Waals surface area contributed by atoms with Crippen LogP contribution in [0.25, 0.3) is 0 Å². The highest BCUT2D eigenvalue weighted by Gasteiger charge is 1.88. The molecule has 0 nitrogen and oxygen atoms in total. The van der Waals surface area contributed by atoms with E-state index in [1.54, 1.807) is 0 Å². The van der Waals surface area contributed by atoms with Crippen LogP contribution in [0, 0.1) is 0 Å². The summed E-state index contributed by atoms with van der Waals surface area (Å²) in [6.45, 7) is 2.20. The first kappa shape index (κ1) is 11.4. The van der Waals surface area contributed by atoms with Gasteiger partial charge in [-0.25, -0.2) is 0 Å². The first-order chi connectivity index (χ1) is 4.91. The Bertz CT molecular complexity index is 49.7. The minimum absolute atomic E-state index is 1.24. The van der Waals surface area contributed by atoms with E-state index in [4.69, 9.17) is 0 Å². The Labute approximate surface area is 79.9 Å². The highest BCUT2D eigenvalue weighted by Crippen LogP contribution is 2.23. The first-order valence-corrected chi connectivity index (χ1v) is 8.53. The van der Waals surface area contributed by atoms with Crippen molar-refractivity contribution in [2.75, 3.05) is 23.5 Å². The quantitative estimate of drug-likeness (QED) is 0.467. The van der Waals surface area contributed by atoms with Gasteiger partial charge in [0.15, 0.2) is 0 Å². The van der Waals surface area contributed by atoms with Crippen molar-refractivity contribution < 1.29 is 0 Å². The monoisotopic (exact) mass is 214 g/mol. The molecule has 0 aromatic carbocycles. The van der Waals surface area contributed by atoms with E-state index in [0.29, 0.717) is 0 Å². The predicted octanol–water partition coefficient (Wildman–Crippen LogP) is 3.79. The van der Waals surface area contributed by atoms with E-state index in [0.717, 1.165) is 0 Å². The molecule has 0 N–H and O–H groups in total. The maximum atomic E-state index is 2.20. The van der Waals surface area contributed by atoms with Gasteiger partial charge in [-0.1, -0.05) is 50.1 Å². The Morgan fingerprint density at radius 2 is 1.70 bits per heavy atom. The Balaban J connectivity index is 2.65. The van der Waals surface area contributed by atoms with Gasteiger partial charge in [0.2, 0.25) is 0 Å². The van der Waals surface area contributed by atoms with Gasteiger partial charge in [-0.2, -0.15) is 0 Å². The molecule has 0 atom stereocenters. The Kier molecular flexibility index (Phi) is 11.9. The smallest absolute Gasteiger partial charge is 0.00450 e. The molecule has 0 heterocycles. The molecule has 4 heteroatoms. The van der Waals surface area contributed by atoms with Gasteiger partial charge in [-0.3, -0.25) is 0 Å². The van der Waals surface area contributed by atoms with Crippen LogP contribution in [0.3, 0.4) is 0 Å². The second-order valence-electron chi connectivity index (χ2n) is 1.57. The van der Waals surface area contributed by atoms with Gasteiger partial charge in [0, 0.05) is 17.3 Å². The normalized spacial score (nSPS) is 10.2. The molecule has 0 aliphatic rings. The van der Waals surface area contributed by atoms with Crippen molar-refractivity contribution in [3.63, 3.8) is 0 Å². The van der Waals surface area contributed by atoms with Gasteiger partial charge in [0.05, 0.1) is 0 Å². The number of rotatable bonds is 7. The number of hydrogen-bond acceptors (Lipinski definition) is 4. The van der Waals surface area contributed by atoms with Crippen molar-refractivity contribution in [3.8, 4) is 0 Å². The third kappa shape index (κ3) is 9.40. The summed E-state index contributed by atoms with van der Waals surface area (Å²) in [5.74, 6) is 3.85. The fourth-order valence-corrected chi connectivity index (χ4v) is 3.62. The van der Waals surface area contributed by atoms with Crippen molar-refractivity contribution in [2.45, 2.75) is 13.3 Å². The molecule has 10 heavy (non-hydrogen) atoms. The van der Waals surface area contributed by atoms with E-state index in [1.807, 2.05) is 43.2 Å². The third-order valence-electron chi connectivity index (χ3n) is 0.774. The maximum absolute atomic E-state index is 2.20. The molecule has 62 valence electrons. The van der Waals surface area contributed by atoms with Gasteiger partial charge in [-0.05, 0) is 12.7 Å². The van der Waals surface area contributed by atoms with E-state index in [9.17, 15) is 0 Å². The van der Waals surface area contributed by atoms with Gasteiger partial charge in [0.1, 0.15) is 0 Å². The number of hydrogen-bond donors (Lipinski definition) is 0. The fourth-order valence-electron chi connectivity index (χ4n) is 0.402. The fraction of sp³-hybridized carbons (Fsp3) is 1.00. The lowest BCUT2D eigenvalue weighted by atomic mass is 10.6. The lowest BCUT2D eigenvalue weighted by molar-refractivity contribution is 1.13. The van der Waals surface area contributed by atoms with E-state index in [1.165, 1.54) is 23.7 Å². The molecule has 0 rings (SSSR count). The summed E-state index contributed by atoms with van der Waals surface area (Å²) < 4.78 is 0. The molecular formula is C6H14S4. The van der Waals surface area contributed by atoms with Crippen molar-refractivity contribution >= 4 is 43.2 Å². The molecule has 0 aromatic heterocycles. The molecule has 0 spiro atoms. The van der Waals surface area contributed by atoms with Crippen LogP contribution < -0.4 is 0 Å². The molecule has 0 saturated carbocycles. The zero-order valence-corrected chi connectivity index (χ0v) is 9.73. The topological polar surface area (TPSA) is 0 Å². The van der Waals surface area contributed by atoms with Gasteiger partial charge in [0.25, 0.3) is 0 Å². The standard InChI is InChI=1S/C6H14S4/c1-3-8-10-6-4-5-9-7-2/h3-6H2,1-2H3. The SMILES string of the molecule is CCSSCCCSSC. The average Bonchev–Trinajstić information content (AvgIpc) is 1.97. The Morgan fingerprint density at radius 3 is 2.30 bits per heavy atom. The largest absolute Gasteiger partial charge is 0.0976 e. The highest BCUT2D eigenvalue weighted by atomic mass is 33.1. The van der Waals surface area contributed by atoms with Crippen LogP contribution >= 0.6 is 43.2 Å². The molecule has 0 amide bonds. The molecule has 0 unspecified atom stereocenters. The third-order valence-corrected chi connectivity index (χ3v) is 5.24. The van der Waals surface area contributed by atoms with Crippen molar-refractivity contribution in [2.24, 2.45) is 0 Å². The van der Waals surface area contributed by atoms with Gasteiger partial charge in [-0.15, -0.1) is 0 Å². The molecule has 0 fully saturated rings. The zero-order valence-electron chi connectivity index (χ0n) is 6.46. The van der Waals surface area contributed by atoms with E-state index >= 15 is 0 Å². The van der Waals surface area contributed by atoms with Crippen LogP contribution in [-0.4, -0.2) is 23.5 Å². The minimum Gasteiger partial charge on any atom is -0.0976 e. The molecule has 0 bridgehead atoms. The zero-order chi connectivity index (χ0) is 7.66. The summed E-state index contributed by atoms with van der Waals surface area (Å²) in [4.78, 5) is 0. The Morgan fingerprint density at radius 1 is 1.00 bits per heavy atom. The summed E-state index contributed by atoms with van der Waals surface area (Å²) in [5, 5.41) is 0. The van der Waals surface area contributed by atoms with Crippen LogP contribution in [0.5, 0.6) is 0 Å². The van der Waals surface area contributed by atoms with Crippen LogP contribution in [0.4, 0.5) is 0 Å². The molecule has 0 aliphatic heterocycles. The van der Waals surface area contributed by atoms with E-state index in [2.05, 4.69) is 13.2 Å². The minimum atomic E-state index is 1.24. The highest BCUT2D eigenvalue weighted by molar-refractivity contribution is 8.77. The van der Waals surface area contributed by atoms with Crippen LogP contribution in [0.2, 0.25) is 0 Å². The first-order valence-electron chi connectivity index (χ1n) is 3.31. The summed E-state index contributed by atoms with van der Waals surface area (Å²) in [5.41, 5.74) is 0. The summed E-state index contributed by atoms with van der Waals surface area (Å²) in [6.07, 6.45) is 3.49. The van der Waals surface area contributed by atoms with E-state index < -0.39 is 0 Å². The molecule has 0 radical (unpaired) electrons. The van der Waals surface area contributed by atoms with Gasteiger partial charge < -0.3 is 0 Å². The molecule has 0 aliphatic carbocycles. The van der Waals surface area contributed by atoms with Crippen molar-refractivity contribution in [1.29, 1.82) is 0 Å². The van der Waals surface area contributed by atoms with Crippen molar-refractivity contribution in [3.05, 3.63) is 0 Å². The summed E-state index contributed by atoms with van der Waals surface area (Å²) in [6, 6.07) is 0. The van der Waals surface area contributed by atoms with Crippen LogP contribution in [0.15, 0.2) is 0 Å². The lowest BCUT2D eigenvalue weighted by Crippen LogP contribution is -1.79.